The number of ether oxygens (including phenoxy) is 1. The fourth-order valence-corrected chi connectivity index (χ4v) is 4.00. The maximum absolute atomic E-state index is 12.7. The van der Waals surface area contributed by atoms with Crippen LogP contribution in [-0.4, -0.2) is 15.0 Å². The highest BCUT2D eigenvalue weighted by Crippen LogP contribution is 2.25. The molecule has 0 radical (unpaired) electrons. The standard InChI is InChI=1S/C20H21NO3S/c1-3-24-19-11-9-18-14-20(12-10-17(18)13-19)25(22,23)21-15(2)16-7-5-4-6-8-16/h4-15,21H,3H2,1-2H3. The van der Waals surface area contributed by atoms with E-state index in [4.69, 9.17) is 4.74 Å². The smallest absolute Gasteiger partial charge is 0.241 e. The van der Waals surface area contributed by atoms with E-state index in [1.165, 1.54) is 0 Å². The molecule has 0 aliphatic rings. The minimum absolute atomic E-state index is 0.256. The van der Waals surface area contributed by atoms with Gasteiger partial charge in [0.15, 0.2) is 0 Å². The van der Waals surface area contributed by atoms with Crippen molar-refractivity contribution in [3.8, 4) is 5.75 Å². The van der Waals surface area contributed by atoms with Crippen molar-refractivity contribution in [1.29, 1.82) is 0 Å². The zero-order valence-corrected chi connectivity index (χ0v) is 15.1. The van der Waals surface area contributed by atoms with E-state index < -0.39 is 10.0 Å². The fraction of sp³-hybridized carbons (Fsp3) is 0.200. The molecule has 0 aliphatic carbocycles. The molecule has 3 rings (SSSR count). The van der Waals surface area contributed by atoms with Gasteiger partial charge in [-0.25, -0.2) is 13.1 Å². The van der Waals surface area contributed by atoms with Gasteiger partial charge in [-0.05, 0) is 54.4 Å². The lowest BCUT2D eigenvalue weighted by molar-refractivity contribution is 0.341. The molecule has 3 aromatic carbocycles. The number of hydrogen-bond donors (Lipinski definition) is 1. The van der Waals surface area contributed by atoms with Crippen molar-refractivity contribution < 1.29 is 13.2 Å². The molecule has 0 bridgehead atoms. The average Bonchev–Trinajstić information content (AvgIpc) is 2.62. The van der Waals surface area contributed by atoms with Crippen LogP contribution in [0.2, 0.25) is 0 Å². The molecule has 25 heavy (non-hydrogen) atoms. The quantitative estimate of drug-likeness (QED) is 0.718. The minimum atomic E-state index is -3.60. The van der Waals surface area contributed by atoms with Gasteiger partial charge in [-0.2, -0.15) is 0 Å². The van der Waals surface area contributed by atoms with Crippen LogP contribution in [0.5, 0.6) is 5.75 Å². The summed E-state index contributed by atoms with van der Waals surface area (Å²) in [5, 5.41) is 1.81. The van der Waals surface area contributed by atoms with Crippen LogP contribution >= 0.6 is 0 Å². The lowest BCUT2D eigenvalue weighted by Gasteiger charge is -2.15. The monoisotopic (exact) mass is 355 g/mol. The second kappa shape index (κ2) is 7.25. The summed E-state index contributed by atoms with van der Waals surface area (Å²) in [4.78, 5) is 0.256. The molecule has 0 fully saturated rings. The van der Waals surface area contributed by atoms with E-state index >= 15 is 0 Å². The third-order valence-electron chi connectivity index (χ3n) is 4.04. The van der Waals surface area contributed by atoms with Gasteiger partial charge in [-0.1, -0.05) is 42.5 Å². The van der Waals surface area contributed by atoms with Gasteiger partial charge < -0.3 is 4.74 Å². The van der Waals surface area contributed by atoms with Gasteiger partial charge >= 0.3 is 0 Å². The molecule has 0 saturated heterocycles. The fourth-order valence-electron chi connectivity index (χ4n) is 2.74. The lowest BCUT2D eigenvalue weighted by atomic mass is 10.1. The summed E-state index contributed by atoms with van der Waals surface area (Å²) in [6.45, 7) is 4.36. The molecule has 5 heteroatoms. The molecular weight excluding hydrogens is 334 g/mol. The van der Waals surface area contributed by atoms with Crippen molar-refractivity contribution in [1.82, 2.24) is 4.72 Å². The summed E-state index contributed by atoms with van der Waals surface area (Å²) in [6, 6.07) is 20.0. The molecule has 1 N–H and O–H groups in total. The van der Waals surface area contributed by atoms with Gasteiger partial charge in [0.25, 0.3) is 0 Å². The maximum atomic E-state index is 12.7. The van der Waals surface area contributed by atoms with Crippen molar-refractivity contribution in [2.45, 2.75) is 24.8 Å². The molecule has 0 spiro atoms. The van der Waals surface area contributed by atoms with Gasteiger partial charge in [0, 0.05) is 6.04 Å². The highest BCUT2D eigenvalue weighted by atomic mass is 32.2. The van der Waals surface area contributed by atoms with Crippen molar-refractivity contribution >= 4 is 20.8 Å². The highest BCUT2D eigenvalue weighted by Gasteiger charge is 2.18. The minimum Gasteiger partial charge on any atom is -0.494 e. The van der Waals surface area contributed by atoms with Gasteiger partial charge in [0.1, 0.15) is 5.75 Å². The van der Waals surface area contributed by atoms with E-state index in [-0.39, 0.29) is 10.9 Å². The summed E-state index contributed by atoms with van der Waals surface area (Å²) in [5.41, 5.74) is 0.924. The van der Waals surface area contributed by atoms with Gasteiger partial charge in [-0.15, -0.1) is 0 Å². The number of benzene rings is 3. The topological polar surface area (TPSA) is 55.4 Å². The van der Waals surface area contributed by atoms with E-state index in [0.29, 0.717) is 6.61 Å². The van der Waals surface area contributed by atoms with Crippen LogP contribution in [0, 0.1) is 0 Å². The zero-order chi connectivity index (χ0) is 17.9. The highest BCUT2D eigenvalue weighted by molar-refractivity contribution is 7.89. The predicted octanol–water partition coefficient (Wildman–Crippen LogP) is 4.28. The Balaban J connectivity index is 1.88. The third kappa shape index (κ3) is 4.00. The Hall–Kier alpha value is -2.37. The Morgan fingerprint density at radius 3 is 2.36 bits per heavy atom. The first-order valence-electron chi connectivity index (χ1n) is 8.23. The van der Waals surface area contributed by atoms with Gasteiger partial charge in [-0.3, -0.25) is 0 Å². The zero-order valence-electron chi connectivity index (χ0n) is 14.3. The first-order chi connectivity index (χ1) is 12.0. The second-order valence-electron chi connectivity index (χ2n) is 5.86. The van der Waals surface area contributed by atoms with E-state index in [1.807, 2.05) is 62.4 Å². The summed E-state index contributed by atoms with van der Waals surface area (Å²) in [7, 11) is -3.60. The first kappa shape index (κ1) is 17.5. The lowest BCUT2D eigenvalue weighted by Crippen LogP contribution is -2.26. The summed E-state index contributed by atoms with van der Waals surface area (Å²) in [5.74, 6) is 0.779. The largest absolute Gasteiger partial charge is 0.494 e. The normalized spacial score (nSPS) is 12.9. The van der Waals surface area contributed by atoms with Crippen LogP contribution in [0.3, 0.4) is 0 Å². The van der Waals surface area contributed by atoms with E-state index in [9.17, 15) is 8.42 Å². The molecule has 1 unspecified atom stereocenters. The molecule has 130 valence electrons. The maximum Gasteiger partial charge on any atom is 0.241 e. The number of rotatable bonds is 6. The number of sulfonamides is 1. The number of fused-ring (bicyclic) bond motifs is 1. The van der Waals surface area contributed by atoms with Gasteiger partial charge in [0.05, 0.1) is 11.5 Å². The molecular formula is C20H21NO3S. The van der Waals surface area contributed by atoms with Crippen LogP contribution in [0.4, 0.5) is 0 Å². The molecule has 1 atom stereocenters. The van der Waals surface area contributed by atoms with Crippen molar-refractivity contribution in [3.05, 3.63) is 72.3 Å². The molecule has 0 aromatic heterocycles. The van der Waals surface area contributed by atoms with Crippen molar-refractivity contribution in [2.24, 2.45) is 0 Å². The van der Waals surface area contributed by atoms with Gasteiger partial charge in [0.2, 0.25) is 10.0 Å². The third-order valence-corrected chi connectivity index (χ3v) is 5.57. The molecule has 4 nitrogen and oxygen atoms in total. The van der Waals surface area contributed by atoms with Crippen molar-refractivity contribution in [2.75, 3.05) is 6.61 Å². The van der Waals surface area contributed by atoms with Crippen molar-refractivity contribution in [3.63, 3.8) is 0 Å². The average molecular weight is 355 g/mol. The Morgan fingerprint density at radius 2 is 1.64 bits per heavy atom. The van der Waals surface area contributed by atoms with Crippen LogP contribution in [0.15, 0.2) is 71.6 Å². The van der Waals surface area contributed by atoms with Crippen LogP contribution < -0.4 is 9.46 Å². The van der Waals surface area contributed by atoms with E-state index in [0.717, 1.165) is 22.1 Å². The van der Waals surface area contributed by atoms with E-state index in [1.54, 1.807) is 18.2 Å². The Morgan fingerprint density at radius 1 is 0.960 bits per heavy atom. The molecule has 0 amide bonds. The Bertz CT molecular complexity index is 969. The number of hydrogen-bond acceptors (Lipinski definition) is 3. The van der Waals surface area contributed by atoms with E-state index in [2.05, 4.69) is 4.72 Å². The van der Waals surface area contributed by atoms with Crippen LogP contribution in [0.1, 0.15) is 25.5 Å². The SMILES string of the molecule is CCOc1ccc2cc(S(=O)(=O)NC(C)c3ccccc3)ccc2c1. The Kier molecular flexibility index (Phi) is 5.06. The summed E-state index contributed by atoms with van der Waals surface area (Å²) in [6.07, 6.45) is 0. The molecule has 0 saturated carbocycles. The number of nitrogens with one attached hydrogen (secondary N) is 1. The molecule has 0 aliphatic heterocycles. The second-order valence-corrected chi connectivity index (χ2v) is 7.57. The Labute approximate surface area is 148 Å². The summed E-state index contributed by atoms with van der Waals surface area (Å²) < 4.78 is 33.6. The van der Waals surface area contributed by atoms with Crippen LogP contribution in [0.25, 0.3) is 10.8 Å². The predicted molar refractivity (Wildman–Crippen MR) is 100 cm³/mol. The molecule has 0 heterocycles. The summed E-state index contributed by atoms with van der Waals surface area (Å²) >= 11 is 0. The first-order valence-corrected chi connectivity index (χ1v) is 9.72. The van der Waals surface area contributed by atoms with Crippen LogP contribution in [-0.2, 0) is 10.0 Å². The molecule has 3 aromatic rings.